The summed E-state index contributed by atoms with van der Waals surface area (Å²) in [5.74, 6) is -2.24. The first-order chi connectivity index (χ1) is 11.3. The smallest absolute Gasteiger partial charge is 0.309 e. The lowest BCUT2D eigenvalue weighted by Crippen LogP contribution is -2.37. The van der Waals surface area contributed by atoms with Crippen molar-refractivity contribution in [3.63, 3.8) is 0 Å². The van der Waals surface area contributed by atoms with Gasteiger partial charge >= 0.3 is 5.97 Å². The third-order valence-corrected chi connectivity index (χ3v) is 4.92. The Kier molecular flexibility index (Phi) is 6.70. The minimum Gasteiger partial charge on any atom is -0.466 e. The SMILES string of the molecule is CCOC(=O)C1CCN(c2cnc(I)c(CCC(C)(F)F)n2)CC1. The van der Waals surface area contributed by atoms with Gasteiger partial charge in [0.25, 0.3) is 0 Å². The summed E-state index contributed by atoms with van der Waals surface area (Å²) >= 11 is 2.02. The van der Waals surface area contributed by atoms with Crippen LogP contribution in [0.15, 0.2) is 6.20 Å². The third kappa shape index (κ3) is 5.49. The number of nitrogens with zero attached hydrogens (tertiary/aromatic N) is 3. The molecule has 1 saturated heterocycles. The Balaban J connectivity index is 1.99. The van der Waals surface area contributed by atoms with Crippen LogP contribution in [0.5, 0.6) is 0 Å². The molecule has 0 atom stereocenters. The van der Waals surface area contributed by atoms with Crippen LogP contribution in [0, 0.1) is 9.62 Å². The predicted molar refractivity (Wildman–Crippen MR) is 95.3 cm³/mol. The second kappa shape index (κ2) is 8.35. The molecule has 0 N–H and O–H groups in total. The van der Waals surface area contributed by atoms with Gasteiger partial charge in [-0.05, 0) is 55.7 Å². The summed E-state index contributed by atoms with van der Waals surface area (Å²) in [7, 11) is 0. The Labute approximate surface area is 154 Å². The monoisotopic (exact) mass is 453 g/mol. The van der Waals surface area contributed by atoms with Crippen molar-refractivity contribution in [2.75, 3.05) is 24.6 Å². The third-order valence-electron chi connectivity index (χ3n) is 4.02. The molecule has 0 spiro atoms. The van der Waals surface area contributed by atoms with Crippen LogP contribution in [-0.4, -0.2) is 41.6 Å². The van der Waals surface area contributed by atoms with Crippen molar-refractivity contribution in [3.05, 3.63) is 15.6 Å². The molecule has 134 valence electrons. The van der Waals surface area contributed by atoms with Gasteiger partial charge < -0.3 is 9.64 Å². The maximum absolute atomic E-state index is 13.1. The Hall–Kier alpha value is -1.06. The minimum atomic E-state index is -2.71. The summed E-state index contributed by atoms with van der Waals surface area (Å²) in [4.78, 5) is 22.6. The molecule has 2 rings (SSSR count). The zero-order valence-electron chi connectivity index (χ0n) is 13.9. The van der Waals surface area contributed by atoms with Crippen LogP contribution < -0.4 is 4.90 Å². The predicted octanol–water partition coefficient (Wildman–Crippen LogP) is 3.45. The Bertz CT molecular complexity index is 573. The minimum absolute atomic E-state index is 0.0729. The highest BCUT2D eigenvalue weighted by atomic mass is 127. The molecule has 0 radical (unpaired) electrons. The quantitative estimate of drug-likeness (QED) is 0.488. The molecule has 1 aromatic heterocycles. The maximum atomic E-state index is 13.1. The van der Waals surface area contributed by atoms with E-state index in [9.17, 15) is 13.6 Å². The van der Waals surface area contributed by atoms with E-state index < -0.39 is 5.92 Å². The largest absolute Gasteiger partial charge is 0.466 e. The molecular formula is C16H22F2IN3O2. The molecule has 0 aromatic carbocycles. The van der Waals surface area contributed by atoms with Crippen LogP contribution in [0.3, 0.4) is 0 Å². The molecular weight excluding hydrogens is 431 g/mol. The van der Waals surface area contributed by atoms with Gasteiger partial charge in [0, 0.05) is 19.5 Å². The van der Waals surface area contributed by atoms with Gasteiger partial charge in [0.15, 0.2) is 0 Å². The summed E-state index contributed by atoms with van der Waals surface area (Å²) in [6.45, 7) is 4.48. The number of ether oxygens (including phenoxy) is 1. The molecule has 1 fully saturated rings. The lowest BCUT2D eigenvalue weighted by atomic mass is 9.97. The molecule has 1 aliphatic rings. The fraction of sp³-hybridized carbons (Fsp3) is 0.688. The molecule has 1 aromatic rings. The fourth-order valence-electron chi connectivity index (χ4n) is 2.66. The number of hydrogen-bond donors (Lipinski definition) is 0. The molecule has 5 nitrogen and oxygen atoms in total. The summed E-state index contributed by atoms with van der Waals surface area (Å²) in [6, 6.07) is 0. The topological polar surface area (TPSA) is 55.3 Å². The van der Waals surface area contributed by atoms with Crippen molar-refractivity contribution < 1.29 is 18.3 Å². The van der Waals surface area contributed by atoms with Crippen molar-refractivity contribution in [1.82, 2.24) is 9.97 Å². The number of carbonyl (C=O) groups excluding carboxylic acids is 1. The van der Waals surface area contributed by atoms with Crippen LogP contribution in [0.1, 0.15) is 38.8 Å². The first-order valence-corrected chi connectivity index (χ1v) is 9.19. The van der Waals surface area contributed by atoms with Gasteiger partial charge in [0.05, 0.1) is 24.4 Å². The number of halogens is 3. The van der Waals surface area contributed by atoms with Crippen molar-refractivity contribution >= 4 is 34.4 Å². The zero-order chi connectivity index (χ0) is 17.7. The van der Waals surface area contributed by atoms with Crippen LogP contribution >= 0.6 is 22.6 Å². The number of aromatic nitrogens is 2. The van der Waals surface area contributed by atoms with Crippen molar-refractivity contribution in [2.24, 2.45) is 5.92 Å². The zero-order valence-corrected chi connectivity index (χ0v) is 16.1. The molecule has 2 heterocycles. The van der Waals surface area contributed by atoms with E-state index >= 15 is 0 Å². The number of anilines is 1. The Morgan fingerprint density at radius 2 is 2.12 bits per heavy atom. The van der Waals surface area contributed by atoms with E-state index in [0.29, 0.717) is 47.8 Å². The number of aryl methyl sites for hydroxylation is 1. The maximum Gasteiger partial charge on any atom is 0.309 e. The van der Waals surface area contributed by atoms with Gasteiger partial charge in [-0.15, -0.1) is 0 Å². The second-order valence-electron chi connectivity index (χ2n) is 6.05. The number of esters is 1. The van der Waals surface area contributed by atoms with E-state index in [1.54, 1.807) is 13.1 Å². The van der Waals surface area contributed by atoms with Gasteiger partial charge in [0.2, 0.25) is 5.92 Å². The normalized spacial score (nSPS) is 16.3. The molecule has 0 aliphatic carbocycles. The standard InChI is InChI=1S/C16H22F2IN3O2/c1-3-24-15(23)11-5-8-22(9-6-11)13-10-20-14(19)12(21-13)4-7-16(2,17)18/h10-11H,3-9H2,1-2H3. The van der Waals surface area contributed by atoms with Crippen molar-refractivity contribution in [1.29, 1.82) is 0 Å². The fourth-order valence-corrected chi connectivity index (χ4v) is 3.19. The Morgan fingerprint density at radius 3 is 2.71 bits per heavy atom. The molecule has 8 heteroatoms. The van der Waals surface area contributed by atoms with Crippen LogP contribution in [0.4, 0.5) is 14.6 Å². The first-order valence-electron chi connectivity index (χ1n) is 8.11. The van der Waals surface area contributed by atoms with Gasteiger partial charge in [-0.3, -0.25) is 4.79 Å². The van der Waals surface area contributed by atoms with E-state index in [4.69, 9.17) is 4.74 Å². The van der Waals surface area contributed by atoms with Gasteiger partial charge in [-0.2, -0.15) is 0 Å². The summed E-state index contributed by atoms with van der Waals surface area (Å²) < 4.78 is 31.9. The first kappa shape index (κ1) is 19.3. The molecule has 0 saturated carbocycles. The van der Waals surface area contributed by atoms with E-state index in [1.807, 2.05) is 27.5 Å². The summed E-state index contributed by atoms with van der Waals surface area (Å²) in [5.41, 5.74) is 0.599. The van der Waals surface area contributed by atoms with E-state index in [2.05, 4.69) is 9.97 Å². The average Bonchev–Trinajstić information content (AvgIpc) is 2.54. The highest BCUT2D eigenvalue weighted by Gasteiger charge is 2.27. The lowest BCUT2D eigenvalue weighted by Gasteiger charge is -2.31. The molecule has 0 bridgehead atoms. The number of rotatable bonds is 6. The molecule has 0 amide bonds. The van der Waals surface area contributed by atoms with Crippen LogP contribution in [0.25, 0.3) is 0 Å². The summed E-state index contributed by atoms with van der Waals surface area (Å²) in [6.07, 6.45) is 3.03. The van der Waals surface area contributed by atoms with Crippen molar-refractivity contribution in [3.8, 4) is 0 Å². The highest BCUT2D eigenvalue weighted by Crippen LogP contribution is 2.25. The number of carbonyl (C=O) groups is 1. The van der Waals surface area contributed by atoms with Gasteiger partial charge in [-0.25, -0.2) is 18.7 Å². The molecule has 24 heavy (non-hydrogen) atoms. The molecule has 0 unspecified atom stereocenters. The van der Waals surface area contributed by atoms with Gasteiger partial charge in [-0.1, -0.05) is 0 Å². The van der Waals surface area contributed by atoms with Gasteiger partial charge in [0.1, 0.15) is 9.52 Å². The number of piperidine rings is 1. The molecule has 1 aliphatic heterocycles. The lowest BCUT2D eigenvalue weighted by molar-refractivity contribution is -0.148. The van der Waals surface area contributed by atoms with Crippen LogP contribution in [0.2, 0.25) is 0 Å². The Morgan fingerprint density at radius 1 is 1.46 bits per heavy atom. The average molecular weight is 453 g/mol. The summed E-state index contributed by atoms with van der Waals surface area (Å²) in [5, 5.41) is 0. The van der Waals surface area contributed by atoms with E-state index in [1.165, 1.54) is 0 Å². The highest BCUT2D eigenvalue weighted by molar-refractivity contribution is 14.1. The van der Waals surface area contributed by atoms with E-state index in [-0.39, 0.29) is 24.7 Å². The van der Waals surface area contributed by atoms with Crippen LogP contribution in [-0.2, 0) is 16.0 Å². The van der Waals surface area contributed by atoms with E-state index in [0.717, 1.165) is 6.92 Å². The second-order valence-corrected chi connectivity index (χ2v) is 7.07. The number of hydrogen-bond acceptors (Lipinski definition) is 5. The van der Waals surface area contributed by atoms with Crippen molar-refractivity contribution in [2.45, 2.75) is 45.5 Å². The number of alkyl halides is 2.